The smallest absolute Gasteiger partial charge is 0.126 e. The Labute approximate surface area is 73.1 Å². The second kappa shape index (κ2) is 3.90. The first-order valence-corrected chi connectivity index (χ1v) is 4.04. The molecule has 0 spiro atoms. The highest BCUT2D eigenvalue weighted by Crippen LogP contribution is 2.11. The van der Waals surface area contributed by atoms with Crippen molar-refractivity contribution in [2.75, 3.05) is 5.73 Å². The van der Waals surface area contributed by atoms with Crippen LogP contribution in [-0.4, -0.2) is 4.98 Å². The van der Waals surface area contributed by atoms with E-state index in [0.29, 0.717) is 5.82 Å². The van der Waals surface area contributed by atoms with Gasteiger partial charge in [-0.1, -0.05) is 11.6 Å². The monoisotopic (exact) mass is 162 g/mol. The summed E-state index contributed by atoms with van der Waals surface area (Å²) in [6.45, 7) is 5.86. The van der Waals surface area contributed by atoms with Crippen LogP contribution in [0.2, 0.25) is 0 Å². The molecule has 0 aliphatic heterocycles. The minimum atomic E-state index is 0.638. The molecule has 0 radical (unpaired) electrons. The maximum Gasteiger partial charge on any atom is 0.126 e. The number of hydrogen-bond acceptors (Lipinski definition) is 2. The van der Waals surface area contributed by atoms with Crippen LogP contribution in [0.4, 0.5) is 5.82 Å². The van der Waals surface area contributed by atoms with E-state index in [1.54, 1.807) is 6.20 Å². The topological polar surface area (TPSA) is 38.9 Å². The number of aromatic nitrogens is 1. The summed E-state index contributed by atoms with van der Waals surface area (Å²) in [6, 6.07) is 3.91. The maximum absolute atomic E-state index is 5.67. The van der Waals surface area contributed by atoms with Gasteiger partial charge in [0.05, 0.1) is 0 Å². The van der Waals surface area contributed by atoms with Crippen LogP contribution < -0.4 is 5.73 Å². The standard InChI is InChI=1S/C10H14N2/c1-8(2)5-6-9-4-3-7-12-10(9)11/h3-4,7H,1,5-6H2,2H3,(H2,11,12). The summed E-state index contributed by atoms with van der Waals surface area (Å²) in [5.41, 5.74) is 7.96. The molecule has 0 saturated carbocycles. The first kappa shape index (κ1) is 8.78. The summed E-state index contributed by atoms with van der Waals surface area (Å²) in [6.07, 6.45) is 3.63. The Balaban J connectivity index is 2.63. The minimum Gasteiger partial charge on any atom is -0.383 e. The predicted molar refractivity (Wildman–Crippen MR) is 51.8 cm³/mol. The summed E-state index contributed by atoms with van der Waals surface area (Å²) in [5.74, 6) is 0.638. The van der Waals surface area contributed by atoms with E-state index in [1.807, 2.05) is 19.1 Å². The lowest BCUT2D eigenvalue weighted by Crippen LogP contribution is -1.96. The van der Waals surface area contributed by atoms with E-state index in [2.05, 4.69) is 11.6 Å². The number of nitrogens with two attached hydrogens (primary N) is 1. The van der Waals surface area contributed by atoms with E-state index in [4.69, 9.17) is 5.73 Å². The molecule has 1 heterocycles. The van der Waals surface area contributed by atoms with Crippen molar-refractivity contribution in [3.05, 3.63) is 36.0 Å². The molecule has 2 heteroatoms. The number of rotatable bonds is 3. The van der Waals surface area contributed by atoms with Gasteiger partial charge in [-0.2, -0.15) is 0 Å². The van der Waals surface area contributed by atoms with E-state index in [-0.39, 0.29) is 0 Å². The van der Waals surface area contributed by atoms with Crippen LogP contribution >= 0.6 is 0 Å². The fourth-order valence-corrected chi connectivity index (χ4v) is 1.01. The van der Waals surface area contributed by atoms with Crippen molar-refractivity contribution in [1.82, 2.24) is 4.98 Å². The van der Waals surface area contributed by atoms with Crippen LogP contribution in [-0.2, 0) is 6.42 Å². The Hall–Kier alpha value is -1.31. The van der Waals surface area contributed by atoms with E-state index in [1.165, 1.54) is 5.57 Å². The summed E-state index contributed by atoms with van der Waals surface area (Å²) in [5, 5.41) is 0. The van der Waals surface area contributed by atoms with Crippen molar-refractivity contribution in [3.8, 4) is 0 Å². The second-order valence-electron chi connectivity index (χ2n) is 3.00. The van der Waals surface area contributed by atoms with Gasteiger partial charge in [0.2, 0.25) is 0 Å². The molecule has 0 atom stereocenters. The first-order chi connectivity index (χ1) is 5.70. The second-order valence-corrected chi connectivity index (χ2v) is 3.00. The number of pyridine rings is 1. The van der Waals surface area contributed by atoms with Crippen molar-refractivity contribution in [1.29, 1.82) is 0 Å². The third kappa shape index (κ3) is 2.38. The van der Waals surface area contributed by atoms with Gasteiger partial charge in [0.25, 0.3) is 0 Å². The van der Waals surface area contributed by atoms with Crippen LogP contribution in [0.3, 0.4) is 0 Å². The molecule has 0 aromatic carbocycles. The summed E-state index contributed by atoms with van der Waals surface area (Å²) >= 11 is 0. The van der Waals surface area contributed by atoms with Gasteiger partial charge in [-0.05, 0) is 31.4 Å². The molecule has 0 aliphatic rings. The Morgan fingerprint density at radius 3 is 3.00 bits per heavy atom. The third-order valence-corrected chi connectivity index (χ3v) is 1.75. The third-order valence-electron chi connectivity index (χ3n) is 1.75. The minimum absolute atomic E-state index is 0.638. The molecule has 1 rings (SSSR count). The van der Waals surface area contributed by atoms with Crippen molar-refractivity contribution in [3.63, 3.8) is 0 Å². The van der Waals surface area contributed by atoms with Gasteiger partial charge < -0.3 is 5.73 Å². The molecular weight excluding hydrogens is 148 g/mol. The van der Waals surface area contributed by atoms with Crippen LogP contribution in [0.5, 0.6) is 0 Å². The van der Waals surface area contributed by atoms with Gasteiger partial charge in [-0.3, -0.25) is 0 Å². The van der Waals surface area contributed by atoms with Crippen LogP contribution in [0.1, 0.15) is 18.9 Å². The highest BCUT2D eigenvalue weighted by molar-refractivity contribution is 5.38. The molecule has 0 aliphatic carbocycles. The first-order valence-electron chi connectivity index (χ1n) is 4.04. The Morgan fingerprint density at radius 1 is 1.67 bits per heavy atom. The lowest BCUT2D eigenvalue weighted by Gasteiger charge is -2.02. The maximum atomic E-state index is 5.67. The van der Waals surface area contributed by atoms with Gasteiger partial charge in [0.1, 0.15) is 5.82 Å². The molecule has 0 amide bonds. The highest BCUT2D eigenvalue weighted by atomic mass is 14.8. The average molecular weight is 162 g/mol. The van der Waals surface area contributed by atoms with Crippen molar-refractivity contribution in [2.45, 2.75) is 19.8 Å². The molecule has 0 saturated heterocycles. The molecule has 2 nitrogen and oxygen atoms in total. The number of hydrogen-bond donors (Lipinski definition) is 1. The van der Waals surface area contributed by atoms with Crippen LogP contribution in [0.25, 0.3) is 0 Å². The zero-order valence-electron chi connectivity index (χ0n) is 7.38. The molecule has 2 N–H and O–H groups in total. The molecule has 0 unspecified atom stereocenters. The predicted octanol–water partition coefficient (Wildman–Crippen LogP) is 2.17. The van der Waals surface area contributed by atoms with Crippen molar-refractivity contribution < 1.29 is 0 Å². The van der Waals surface area contributed by atoms with E-state index in [9.17, 15) is 0 Å². The molecule has 12 heavy (non-hydrogen) atoms. The molecule has 1 aromatic rings. The normalized spacial score (nSPS) is 9.75. The molecule has 1 aromatic heterocycles. The number of aryl methyl sites for hydroxylation is 1. The molecule has 0 fully saturated rings. The molecular formula is C10H14N2. The fraction of sp³-hybridized carbons (Fsp3) is 0.300. The van der Waals surface area contributed by atoms with Gasteiger partial charge in [-0.15, -0.1) is 6.58 Å². The average Bonchev–Trinajstić information content (AvgIpc) is 2.03. The largest absolute Gasteiger partial charge is 0.383 e. The van der Waals surface area contributed by atoms with E-state index in [0.717, 1.165) is 18.4 Å². The van der Waals surface area contributed by atoms with Gasteiger partial charge in [0.15, 0.2) is 0 Å². The highest BCUT2D eigenvalue weighted by Gasteiger charge is 1.97. The fourth-order valence-electron chi connectivity index (χ4n) is 1.01. The lowest BCUT2D eigenvalue weighted by atomic mass is 10.1. The van der Waals surface area contributed by atoms with Crippen LogP contribution in [0.15, 0.2) is 30.5 Å². The Bertz CT molecular complexity index is 279. The Morgan fingerprint density at radius 2 is 2.42 bits per heavy atom. The van der Waals surface area contributed by atoms with Crippen LogP contribution in [0, 0.1) is 0 Å². The quantitative estimate of drug-likeness (QED) is 0.692. The van der Waals surface area contributed by atoms with Gasteiger partial charge in [-0.25, -0.2) is 4.98 Å². The zero-order chi connectivity index (χ0) is 8.97. The summed E-state index contributed by atoms with van der Waals surface area (Å²) in [4.78, 5) is 4.01. The van der Waals surface area contributed by atoms with Crippen molar-refractivity contribution in [2.24, 2.45) is 0 Å². The number of nitrogen functional groups attached to an aromatic ring is 1. The van der Waals surface area contributed by atoms with Gasteiger partial charge in [0, 0.05) is 6.20 Å². The van der Waals surface area contributed by atoms with E-state index >= 15 is 0 Å². The summed E-state index contributed by atoms with van der Waals surface area (Å²) in [7, 11) is 0. The zero-order valence-corrected chi connectivity index (χ0v) is 7.38. The summed E-state index contributed by atoms with van der Waals surface area (Å²) < 4.78 is 0. The van der Waals surface area contributed by atoms with Gasteiger partial charge >= 0.3 is 0 Å². The lowest BCUT2D eigenvalue weighted by molar-refractivity contribution is 0.941. The number of nitrogens with zero attached hydrogens (tertiary/aromatic N) is 1. The number of allylic oxidation sites excluding steroid dienone is 1. The molecule has 0 bridgehead atoms. The Kier molecular flexibility index (Phi) is 2.86. The molecule has 64 valence electrons. The van der Waals surface area contributed by atoms with E-state index < -0.39 is 0 Å². The number of anilines is 1. The van der Waals surface area contributed by atoms with Crippen molar-refractivity contribution >= 4 is 5.82 Å². The SMILES string of the molecule is C=C(C)CCc1cccnc1N.